The molecule has 106 valence electrons. The van der Waals surface area contributed by atoms with Crippen molar-refractivity contribution in [3.63, 3.8) is 0 Å². The number of rotatable bonds is 5. The van der Waals surface area contributed by atoms with Gasteiger partial charge in [0.1, 0.15) is 0 Å². The second-order valence-electron chi connectivity index (χ2n) is 4.84. The van der Waals surface area contributed by atoms with Crippen LogP contribution in [0.3, 0.4) is 0 Å². The predicted octanol–water partition coefficient (Wildman–Crippen LogP) is 1.82. The molecule has 1 unspecified atom stereocenters. The Balaban J connectivity index is 2.22. The number of benzene rings is 1. The summed E-state index contributed by atoms with van der Waals surface area (Å²) < 4.78 is 31.3. The van der Waals surface area contributed by atoms with E-state index in [1.54, 1.807) is 6.07 Å². The molecule has 1 aliphatic rings. The zero-order valence-corrected chi connectivity index (χ0v) is 12.1. The minimum atomic E-state index is -3.36. The number of sulfonamides is 1. The molecule has 0 bridgehead atoms. The molecule has 2 rings (SSSR count). The van der Waals surface area contributed by atoms with Gasteiger partial charge >= 0.3 is 0 Å². The van der Waals surface area contributed by atoms with E-state index < -0.39 is 10.0 Å². The summed E-state index contributed by atoms with van der Waals surface area (Å²) in [4.78, 5) is 0. The average Bonchev–Trinajstić information content (AvgIpc) is 2.37. The molecule has 0 aromatic heterocycles. The van der Waals surface area contributed by atoms with Crippen molar-refractivity contribution < 1.29 is 13.2 Å². The fraction of sp³-hybridized carbons (Fsp3) is 0.538. The van der Waals surface area contributed by atoms with Crippen LogP contribution in [-0.4, -0.2) is 33.9 Å². The minimum absolute atomic E-state index is 0.0390. The maximum atomic E-state index is 11.9. The maximum absolute atomic E-state index is 11.9. The third kappa shape index (κ3) is 3.61. The molecule has 1 atom stereocenters. The van der Waals surface area contributed by atoms with Crippen molar-refractivity contribution in [3.8, 4) is 0 Å². The van der Waals surface area contributed by atoms with Crippen molar-refractivity contribution in [1.82, 2.24) is 0 Å². The number of nitrogens with one attached hydrogen (secondary N) is 2. The molecule has 1 heterocycles. The Hall–Kier alpha value is -1.27. The summed E-state index contributed by atoms with van der Waals surface area (Å²) in [6.07, 6.45) is 2.03. The van der Waals surface area contributed by atoms with Gasteiger partial charge in [0.05, 0.1) is 23.7 Å². The van der Waals surface area contributed by atoms with E-state index in [1.807, 2.05) is 12.1 Å². The third-order valence-corrected chi connectivity index (χ3v) is 4.44. The number of hydrogen-bond donors (Lipinski definition) is 2. The van der Waals surface area contributed by atoms with Gasteiger partial charge in [0.2, 0.25) is 10.0 Å². The van der Waals surface area contributed by atoms with Gasteiger partial charge in [-0.15, -0.1) is 0 Å². The van der Waals surface area contributed by atoms with Gasteiger partial charge in [-0.25, -0.2) is 8.42 Å². The maximum Gasteiger partial charge on any atom is 0.235 e. The van der Waals surface area contributed by atoms with Gasteiger partial charge in [-0.2, -0.15) is 0 Å². The van der Waals surface area contributed by atoms with Crippen LogP contribution in [0.1, 0.15) is 18.9 Å². The van der Waals surface area contributed by atoms with Gasteiger partial charge in [0.25, 0.3) is 0 Å². The van der Waals surface area contributed by atoms with E-state index in [4.69, 9.17) is 4.74 Å². The molecule has 6 heteroatoms. The molecule has 1 aromatic rings. The van der Waals surface area contributed by atoms with Crippen LogP contribution in [0.15, 0.2) is 18.2 Å². The lowest BCUT2D eigenvalue weighted by Gasteiger charge is -2.26. The average molecular weight is 284 g/mol. The number of fused-ring (bicyclic) bond motifs is 1. The van der Waals surface area contributed by atoms with Crippen LogP contribution in [0, 0.1) is 0 Å². The van der Waals surface area contributed by atoms with Gasteiger partial charge in [0, 0.05) is 13.2 Å². The molecule has 0 radical (unpaired) electrons. The van der Waals surface area contributed by atoms with Crippen LogP contribution >= 0.6 is 0 Å². The Morgan fingerprint density at radius 2 is 2.26 bits per heavy atom. The van der Waals surface area contributed by atoms with Gasteiger partial charge in [-0.3, -0.25) is 4.72 Å². The highest BCUT2D eigenvalue weighted by Gasteiger charge is 2.19. The van der Waals surface area contributed by atoms with Crippen LogP contribution < -0.4 is 10.0 Å². The van der Waals surface area contributed by atoms with E-state index in [0.717, 1.165) is 24.1 Å². The molecule has 1 aromatic carbocycles. The number of para-hydroxylation sites is 1. The first-order valence-corrected chi connectivity index (χ1v) is 8.05. The quantitative estimate of drug-likeness (QED) is 0.865. The van der Waals surface area contributed by atoms with Crippen LogP contribution in [-0.2, 0) is 21.2 Å². The van der Waals surface area contributed by atoms with Gasteiger partial charge in [-0.05, 0) is 31.4 Å². The summed E-state index contributed by atoms with van der Waals surface area (Å²) in [5.74, 6) is -0.0390. The van der Waals surface area contributed by atoms with Crippen LogP contribution in [0.4, 0.5) is 11.4 Å². The van der Waals surface area contributed by atoms with Crippen molar-refractivity contribution in [2.24, 2.45) is 0 Å². The van der Waals surface area contributed by atoms with Gasteiger partial charge < -0.3 is 10.1 Å². The van der Waals surface area contributed by atoms with Crippen molar-refractivity contribution in [1.29, 1.82) is 0 Å². The van der Waals surface area contributed by atoms with E-state index in [2.05, 4.69) is 17.0 Å². The molecule has 1 aliphatic heterocycles. The first-order chi connectivity index (χ1) is 9.02. The third-order valence-electron chi connectivity index (χ3n) is 3.21. The zero-order chi connectivity index (χ0) is 13.9. The highest BCUT2D eigenvalue weighted by Crippen LogP contribution is 2.32. The molecule has 5 nitrogen and oxygen atoms in total. The largest absolute Gasteiger partial charge is 0.384 e. The van der Waals surface area contributed by atoms with Crippen LogP contribution in [0.2, 0.25) is 0 Å². The van der Waals surface area contributed by atoms with Crippen molar-refractivity contribution in [2.45, 2.75) is 25.8 Å². The van der Waals surface area contributed by atoms with Gasteiger partial charge in [-0.1, -0.05) is 12.1 Å². The van der Waals surface area contributed by atoms with Crippen LogP contribution in [0.5, 0.6) is 0 Å². The Morgan fingerprint density at radius 3 is 3.00 bits per heavy atom. The van der Waals surface area contributed by atoms with Crippen LogP contribution in [0.25, 0.3) is 0 Å². The molecule has 0 saturated heterocycles. The molecule has 0 saturated carbocycles. The predicted molar refractivity (Wildman–Crippen MR) is 77.1 cm³/mol. The number of hydrogen-bond acceptors (Lipinski definition) is 4. The molecule has 0 amide bonds. The Bertz CT molecular complexity index is 543. The Labute approximate surface area is 114 Å². The van der Waals surface area contributed by atoms with E-state index in [0.29, 0.717) is 11.7 Å². The number of anilines is 2. The standard InChI is InChI=1S/C13H20N2O3S/c1-10-6-7-11-4-3-5-12(13(11)14-10)15-19(16,17)9-8-18-2/h3-5,10,14-15H,6-9H2,1-2H3. The minimum Gasteiger partial charge on any atom is -0.384 e. The molecule has 0 aliphatic carbocycles. The Kier molecular flexibility index (Phi) is 4.31. The summed E-state index contributed by atoms with van der Waals surface area (Å²) in [6, 6.07) is 6.05. The summed E-state index contributed by atoms with van der Waals surface area (Å²) in [7, 11) is -1.87. The normalized spacial score (nSPS) is 18.5. The van der Waals surface area contributed by atoms with Crippen molar-refractivity contribution >= 4 is 21.4 Å². The first kappa shape index (κ1) is 14.1. The van der Waals surface area contributed by atoms with Gasteiger partial charge in [0.15, 0.2) is 0 Å². The van der Waals surface area contributed by atoms with E-state index >= 15 is 0 Å². The number of methoxy groups -OCH3 is 1. The fourth-order valence-electron chi connectivity index (χ4n) is 2.17. The summed E-state index contributed by atoms with van der Waals surface area (Å²) in [5.41, 5.74) is 2.69. The lowest BCUT2D eigenvalue weighted by atomic mass is 9.98. The molecule has 0 spiro atoms. The monoisotopic (exact) mass is 284 g/mol. The summed E-state index contributed by atoms with van der Waals surface area (Å²) >= 11 is 0. The number of aryl methyl sites for hydroxylation is 1. The molecular weight excluding hydrogens is 264 g/mol. The Morgan fingerprint density at radius 1 is 1.47 bits per heavy atom. The zero-order valence-electron chi connectivity index (χ0n) is 11.3. The molecule has 19 heavy (non-hydrogen) atoms. The molecule has 0 fully saturated rings. The van der Waals surface area contributed by atoms with E-state index in [1.165, 1.54) is 7.11 Å². The topological polar surface area (TPSA) is 67.4 Å². The second kappa shape index (κ2) is 5.79. The molecule has 2 N–H and O–H groups in total. The first-order valence-electron chi connectivity index (χ1n) is 6.39. The van der Waals surface area contributed by atoms with E-state index in [9.17, 15) is 8.42 Å². The SMILES string of the molecule is COCCS(=O)(=O)Nc1cccc2c1NC(C)CC2. The lowest BCUT2D eigenvalue weighted by Crippen LogP contribution is -2.25. The fourth-order valence-corrected chi connectivity index (χ4v) is 3.16. The smallest absolute Gasteiger partial charge is 0.235 e. The highest BCUT2D eigenvalue weighted by molar-refractivity contribution is 7.92. The van der Waals surface area contributed by atoms with Crippen molar-refractivity contribution in [2.75, 3.05) is 29.5 Å². The lowest BCUT2D eigenvalue weighted by molar-refractivity contribution is 0.217. The van der Waals surface area contributed by atoms with E-state index in [-0.39, 0.29) is 12.4 Å². The highest BCUT2D eigenvalue weighted by atomic mass is 32.2. The second-order valence-corrected chi connectivity index (χ2v) is 6.68. The molecular formula is C13H20N2O3S. The summed E-state index contributed by atoms with van der Waals surface area (Å²) in [5, 5.41) is 3.35. The van der Waals surface area contributed by atoms with Crippen molar-refractivity contribution in [3.05, 3.63) is 23.8 Å². The summed E-state index contributed by atoms with van der Waals surface area (Å²) in [6.45, 7) is 2.29. The number of ether oxygens (including phenoxy) is 1.